The van der Waals surface area contributed by atoms with E-state index in [0.29, 0.717) is 12.2 Å². The molecule has 0 atom stereocenters. The number of hydrogen-bond acceptors (Lipinski definition) is 3. The molecular formula is C10H13NO2S. The van der Waals surface area contributed by atoms with Gasteiger partial charge in [0.1, 0.15) is 5.75 Å². The number of rotatable bonds is 4. The van der Waals surface area contributed by atoms with Gasteiger partial charge < -0.3 is 10.1 Å². The summed E-state index contributed by atoms with van der Waals surface area (Å²) in [6, 6.07) is 7.25. The minimum atomic E-state index is -0.0340. The Labute approximate surface area is 88.9 Å². The van der Waals surface area contributed by atoms with E-state index in [9.17, 15) is 4.79 Å². The molecule has 1 aromatic carbocycles. The molecule has 0 aromatic heterocycles. The van der Waals surface area contributed by atoms with Crippen molar-refractivity contribution in [2.24, 2.45) is 0 Å². The Bertz CT molecular complexity index is 315. The number of methoxy groups -OCH3 is 1. The lowest BCUT2D eigenvalue weighted by Crippen LogP contribution is -2.11. The highest BCUT2D eigenvalue weighted by molar-refractivity contribution is 7.80. The first-order chi connectivity index (χ1) is 6.76. The Morgan fingerprint density at radius 1 is 1.57 bits per heavy atom. The van der Waals surface area contributed by atoms with Crippen molar-refractivity contribution in [1.29, 1.82) is 0 Å². The van der Waals surface area contributed by atoms with Crippen LogP contribution in [-0.4, -0.2) is 18.8 Å². The van der Waals surface area contributed by atoms with Crippen molar-refractivity contribution in [1.82, 2.24) is 0 Å². The predicted molar refractivity (Wildman–Crippen MR) is 60.1 cm³/mol. The molecule has 0 radical (unpaired) electrons. The van der Waals surface area contributed by atoms with E-state index < -0.39 is 0 Å². The molecule has 0 saturated carbocycles. The van der Waals surface area contributed by atoms with E-state index in [1.807, 2.05) is 18.2 Å². The molecule has 0 saturated heterocycles. The number of nitrogens with one attached hydrogen (secondary N) is 1. The molecule has 1 amide bonds. The minimum absolute atomic E-state index is 0.0340. The lowest BCUT2D eigenvalue weighted by Gasteiger charge is -2.05. The van der Waals surface area contributed by atoms with Gasteiger partial charge in [0, 0.05) is 18.2 Å². The summed E-state index contributed by atoms with van der Waals surface area (Å²) in [7, 11) is 1.59. The zero-order valence-corrected chi connectivity index (χ0v) is 8.88. The SMILES string of the molecule is COc1cccc(NC(=O)CCS)c1. The Balaban J connectivity index is 2.62. The summed E-state index contributed by atoms with van der Waals surface area (Å²) in [5.41, 5.74) is 0.746. The minimum Gasteiger partial charge on any atom is -0.497 e. The van der Waals surface area contributed by atoms with Gasteiger partial charge in [0.05, 0.1) is 7.11 Å². The largest absolute Gasteiger partial charge is 0.497 e. The van der Waals surface area contributed by atoms with Crippen LogP contribution in [0.4, 0.5) is 5.69 Å². The molecule has 1 aromatic rings. The van der Waals surface area contributed by atoms with E-state index >= 15 is 0 Å². The van der Waals surface area contributed by atoms with Gasteiger partial charge in [0.25, 0.3) is 0 Å². The van der Waals surface area contributed by atoms with Crippen molar-refractivity contribution in [2.75, 3.05) is 18.2 Å². The summed E-state index contributed by atoms with van der Waals surface area (Å²) in [4.78, 5) is 11.2. The molecular weight excluding hydrogens is 198 g/mol. The van der Waals surface area contributed by atoms with E-state index in [4.69, 9.17) is 4.74 Å². The summed E-state index contributed by atoms with van der Waals surface area (Å²) < 4.78 is 5.03. The summed E-state index contributed by atoms with van der Waals surface area (Å²) in [5, 5.41) is 2.75. The summed E-state index contributed by atoms with van der Waals surface area (Å²) in [6.07, 6.45) is 0.417. The van der Waals surface area contributed by atoms with E-state index in [1.165, 1.54) is 0 Å². The average molecular weight is 211 g/mol. The van der Waals surface area contributed by atoms with Crippen LogP contribution in [-0.2, 0) is 4.79 Å². The monoisotopic (exact) mass is 211 g/mol. The van der Waals surface area contributed by atoms with Gasteiger partial charge in [-0.1, -0.05) is 6.07 Å². The van der Waals surface area contributed by atoms with Crippen LogP contribution in [0.3, 0.4) is 0 Å². The van der Waals surface area contributed by atoms with Crippen molar-refractivity contribution in [2.45, 2.75) is 6.42 Å². The molecule has 0 aliphatic heterocycles. The van der Waals surface area contributed by atoms with Crippen LogP contribution in [0, 0.1) is 0 Å². The molecule has 1 N–H and O–H groups in total. The van der Waals surface area contributed by atoms with Crippen LogP contribution in [0.5, 0.6) is 5.75 Å². The molecule has 3 nitrogen and oxygen atoms in total. The maximum atomic E-state index is 11.2. The molecule has 0 heterocycles. The van der Waals surface area contributed by atoms with E-state index in [1.54, 1.807) is 13.2 Å². The molecule has 0 aliphatic rings. The fourth-order valence-corrected chi connectivity index (χ4v) is 1.23. The highest BCUT2D eigenvalue weighted by Crippen LogP contribution is 2.16. The van der Waals surface area contributed by atoms with Crippen LogP contribution in [0.1, 0.15) is 6.42 Å². The van der Waals surface area contributed by atoms with Gasteiger partial charge in [0.2, 0.25) is 5.91 Å². The maximum Gasteiger partial charge on any atom is 0.225 e. The Kier molecular flexibility index (Phi) is 4.32. The van der Waals surface area contributed by atoms with Crippen molar-refractivity contribution in [3.05, 3.63) is 24.3 Å². The number of benzene rings is 1. The molecule has 76 valence electrons. The number of carbonyl (C=O) groups excluding carboxylic acids is 1. The third-order valence-corrected chi connectivity index (χ3v) is 1.92. The number of ether oxygens (including phenoxy) is 1. The first-order valence-electron chi connectivity index (χ1n) is 4.31. The van der Waals surface area contributed by atoms with Crippen LogP contribution in [0.2, 0.25) is 0 Å². The van der Waals surface area contributed by atoms with Gasteiger partial charge in [-0.25, -0.2) is 0 Å². The molecule has 0 aliphatic carbocycles. The van der Waals surface area contributed by atoms with Crippen LogP contribution >= 0.6 is 12.6 Å². The molecule has 14 heavy (non-hydrogen) atoms. The topological polar surface area (TPSA) is 38.3 Å². The standard InChI is InChI=1S/C10H13NO2S/c1-13-9-4-2-3-8(7-9)11-10(12)5-6-14/h2-4,7,14H,5-6H2,1H3,(H,11,12). The second kappa shape index (κ2) is 5.54. The van der Waals surface area contributed by atoms with Crippen molar-refractivity contribution in [3.63, 3.8) is 0 Å². The fourth-order valence-electron chi connectivity index (χ4n) is 1.03. The molecule has 0 unspecified atom stereocenters. The van der Waals surface area contributed by atoms with Gasteiger partial charge in [-0.2, -0.15) is 12.6 Å². The second-order valence-electron chi connectivity index (χ2n) is 2.75. The van der Waals surface area contributed by atoms with Gasteiger partial charge in [-0.05, 0) is 17.9 Å². The summed E-state index contributed by atoms with van der Waals surface area (Å²) in [6.45, 7) is 0. The third kappa shape index (κ3) is 3.30. The van der Waals surface area contributed by atoms with Crippen LogP contribution in [0.25, 0.3) is 0 Å². The Morgan fingerprint density at radius 3 is 3.00 bits per heavy atom. The van der Waals surface area contributed by atoms with Gasteiger partial charge >= 0.3 is 0 Å². The zero-order chi connectivity index (χ0) is 10.4. The maximum absolute atomic E-state index is 11.2. The zero-order valence-electron chi connectivity index (χ0n) is 7.99. The van der Waals surface area contributed by atoms with Crippen molar-refractivity contribution in [3.8, 4) is 5.75 Å². The number of anilines is 1. The lowest BCUT2D eigenvalue weighted by molar-refractivity contribution is -0.115. The molecule has 0 bridgehead atoms. The number of carbonyl (C=O) groups is 1. The molecule has 4 heteroatoms. The normalized spacial score (nSPS) is 9.57. The smallest absolute Gasteiger partial charge is 0.225 e. The third-order valence-electron chi connectivity index (χ3n) is 1.69. The first-order valence-corrected chi connectivity index (χ1v) is 4.94. The predicted octanol–water partition coefficient (Wildman–Crippen LogP) is 1.95. The second-order valence-corrected chi connectivity index (χ2v) is 3.20. The quantitative estimate of drug-likeness (QED) is 0.747. The van der Waals surface area contributed by atoms with Crippen LogP contribution in [0.15, 0.2) is 24.3 Å². The van der Waals surface area contributed by atoms with E-state index in [2.05, 4.69) is 17.9 Å². The number of amides is 1. The van der Waals surface area contributed by atoms with E-state index in [0.717, 1.165) is 11.4 Å². The number of thiol groups is 1. The lowest BCUT2D eigenvalue weighted by atomic mass is 10.3. The molecule has 0 fully saturated rings. The van der Waals surface area contributed by atoms with Gasteiger partial charge in [-0.3, -0.25) is 4.79 Å². The van der Waals surface area contributed by atoms with Gasteiger partial charge in [0.15, 0.2) is 0 Å². The average Bonchev–Trinajstić information content (AvgIpc) is 2.18. The number of hydrogen-bond donors (Lipinski definition) is 2. The first kappa shape index (κ1) is 10.9. The molecule has 1 rings (SSSR count). The van der Waals surface area contributed by atoms with Crippen molar-refractivity contribution >= 4 is 24.2 Å². The Hall–Kier alpha value is -1.16. The van der Waals surface area contributed by atoms with E-state index in [-0.39, 0.29) is 5.91 Å². The molecule has 0 spiro atoms. The Morgan fingerprint density at radius 2 is 2.36 bits per heavy atom. The van der Waals surface area contributed by atoms with Crippen LogP contribution < -0.4 is 10.1 Å². The summed E-state index contributed by atoms with van der Waals surface area (Å²) in [5.74, 6) is 1.25. The highest BCUT2D eigenvalue weighted by atomic mass is 32.1. The fraction of sp³-hybridized carbons (Fsp3) is 0.300. The van der Waals surface area contributed by atoms with Gasteiger partial charge in [-0.15, -0.1) is 0 Å². The summed E-state index contributed by atoms with van der Waals surface area (Å²) >= 11 is 3.98. The highest BCUT2D eigenvalue weighted by Gasteiger charge is 2.01. The van der Waals surface area contributed by atoms with Crippen molar-refractivity contribution < 1.29 is 9.53 Å².